The van der Waals surface area contributed by atoms with Crippen LogP contribution in [0.3, 0.4) is 0 Å². The number of aldehydes is 1. The van der Waals surface area contributed by atoms with Crippen molar-refractivity contribution in [2.24, 2.45) is 5.92 Å². The summed E-state index contributed by atoms with van der Waals surface area (Å²) in [7, 11) is 0. The molecule has 1 heteroatoms. The molecule has 0 heterocycles. The third-order valence-corrected chi connectivity index (χ3v) is 2.24. The van der Waals surface area contributed by atoms with Crippen molar-refractivity contribution in [3.05, 3.63) is 23.3 Å². The maximum atomic E-state index is 10.5. The molecule has 0 spiro atoms. The van der Waals surface area contributed by atoms with E-state index in [9.17, 15) is 4.79 Å². The molecule has 0 saturated heterocycles. The molecule has 1 nitrogen and oxygen atoms in total. The highest BCUT2D eigenvalue weighted by Gasteiger charge is 2.02. The van der Waals surface area contributed by atoms with Crippen LogP contribution in [0.5, 0.6) is 0 Å². The molecular weight excluding hydrogens is 172 g/mol. The highest BCUT2D eigenvalue weighted by Crippen LogP contribution is 2.15. The molecule has 0 radical (unpaired) electrons. The summed E-state index contributed by atoms with van der Waals surface area (Å²) in [6, 6.07) is 0. The second-order valence-electron chi connectivity index (χ2n) is 4.08. The molecule has 0 bridgehead atoms. The second-order valence-corrected chi connectivity index (χ2v) is 4.08. The number of allylic oxidation sites excluding steroid dienone is 4. The number of hydrogen-bond donors (Lipinski definition) is 0. The summed E-state index contributed by atoms with van der Waals surface area (Å²) in [5.74, 6) is 0.160. The third-order valence-electron chi connectivity index (χ3n) is 2.24. The van der Waals surface area contributed by atoms with E-state index in [1.54, 1.807) is 0 Å². The number of hydrogen-bond acceptors (Lipinski definition) is 1. The van der Waals surface area contributed by atoms with Gasteiger partial charge in [0, 0.05) is 5.92 Å². The molecule has 0 aromatic heterocycles. The monoisotopic (exact) mass is 194 g/mol. The number of rotatable bonds is 6. The van der Waals surface area contributed by atoms with Gasteiger partial charge < -0.3 is 4.79 Å². The zero-order chi connectivity index (χ0) is 11.0. The first-order chi connectivity index (χ1) is 6.60. The summed E-state index contributed by atoms with van der Waals surface area (Å²) in [6.45, 7) is 8.25. The first kappa shape index (κ1) is 13.2. The lowest BCUT2D eigenvalue weighted by molar-refractivity contribution is -0.110. The van der Waals surface area contributed by atoms with E-state index in [1.165, 1.54) is 11.1 Å². The fraction of sp³-hybridized carbons (Fsp3) is 0.615. The van der Waals surface area contributed by atoms with Crippen LogP contribution in [-0.2, 0) is 4.79 Å². The van der Waals surface area contributed by atoms with Crippen LogP contribution in [-0.4, -0.2) is 6.29 Å². The Morgan fingerprint density at radius 2 is 2.00 bits per heavy atom. The summed E-state index contributed by atoms with van der Waals surface area (Å²) < 4.78 is 0. The average molecular weight is 194 g/mol. The van der Waals surface area contributed by atoms with E-state index >= 15 is 0 Å². The fourth-order valence-electron chi connectivity index (χ4n) is 1.37. The smallest absolute Gasteiger partial charge is 0.123 e. The summed E-state index contributed by atoms with van der Waals surface area (Å²) in [5, 5.41) is 0. The van der Waals surface area contributed by atoms with E-state index in [0.29, 0.717) is 0 Å². The highest BCUT2D eigenvalue weighted by molar-refractivity contribution is 5.53. The van der Waals surface area contributed by atoms with Gasteiger partial charge in [0.05, 0.1) is 0 Å². The average Bonchev–Trinajstić information content (AvgIpc) is 2.15. The van der Waals surface area contributed by atoms with Crippen molar-refractivity contribution in [2.75, 3.05) is 0 Å². The molecule has 1 atom stereocenters. The van der Waals surface area contributed by atoms with Gasteiger partial charge in [0.2, 0.25) is 0 Å². The van der Waals surface area contributed by atoms with Crippen molar-refractivity contribution in [2.45, 2.75) is 47.0 Å². The molecule has 0 aromatic carbocycles. The molecule has 0 aliphatic rings. The Bertz CT molecular complexity index is 219. The fourth-order valence-corrected chi connectivity index (χ4v) is 1.37. The predicted octanol–water partition coefficient (Wildman–Crippen LogP) is 3.90. The molecule has 0 amide bonds. The summed E-state index contributed by atoms with van der Waals surface area (Å²) in [5.41, 5.74) is 2.76. The van der Waals surface area contributed by atoms with Gasteiger partial charge in [-0.15, -0.1) is 0 Å². The molecule has 0 rings (SSSR count). The van der Waals surface area contributed by atoms with Crippen LogP contribution in [0.25, 0.3) is 0 Å². The van der Waals surface area contributed by atoms with Gasteiger partial charge in [-0.3, -0.25) is 0 Å². The van der Waals surface area contributed by atoms with Crippen LogP contribution >= 0.6 is 0 Å². The largest absolute Gasteiger partial charge is 0.303 e. The first-order valence-electron chi connectivity index (χ1n) is 5.32. The molecule has 14 heavy (non-hydrogen) atoms. The van der Waals surface area contributed by atoms with Crippen LogP contribution in [0, 0.1) is 5.92 Å². The Kier molecular flexibility index (Phi) is 7.09. The van der Waals surface area contributed by atoms with Gasteiger partial charge in [0.1, 0.15) is 6.29 Å². The Hall–Kier alpha value is -0.850. The molecule has 0 saturated carbocycles. The SMILES string of the molecule is C/C=C(\CCC=C(C)C)CC(C)C=O. The topological polar surface area (TPSA) is 17.1 Å². The van der Waals surface area contributed by atoms with Crippen molar-refractivity contribution < 1.29 is 4.79 Å². The minimum Gasteiger partial charge on any atom is -0.303 e. The van der Waals surface area contributed by atoms with E-state index in [4.69, 9.17) is 0 Å². The van der Waals surface area contributed by atoms with E-state index in [0.717, 1.165) is 25.5 Å². The number of carbonyl (C=O) groups excluding carboxylic acids is 1. The summed E-state index contributed by atoms with van der Waals surface area (Å²) in [4.78, 5) is 10.5. The van der Waals surface area contributed by atoms with Crippen molar-refractivity contribution in [1.82, 2.24) is 0 Å². The maximum absolute atomic E-state index is 10.5. The van der Waals surface area contributed by atoms with E-state index in [-0.39, 0.29) is 5.92 Å². The predicted molar refractivity (Wildman–Crippen MR) is 62.3 cm³/mol. The lowest BCUT2D eigenvalue weighted by Gasteiger charge is -2.07. The molecule has 80 valence electrons. The second kappa shape index (κ2) is 7.54. The van der Waals surface area contributed by atoms with Gasteiger partial charge >= 0.3 is 0 Å². The summed E-state index contributed by atoms with van der Waals surface area (Å²) >= 11 is 0. The minimum atomic E-state index is 0.160. The summed E-state index contributed by atoms with van der Waals surface area (Å²) in [6.07, 6.45) is 8.50. The maximum Gasteiger partial charge on any atom is 0.123 e. The first-order valence-corrected chi connectivity index (χ1v) is 5.32. The quantitative estimate of drug-likeness (QED) is 0.463. The van der Waals surface area contributed by atoms with E-state index in [2.05, 4.69) is 32.9 Å². The molecular formula is C13H22O. The standard InChI is InChI=1S/C13H22O/c1-5-13(9-12(4)10-14)8-6-7-11(2)3/h5,7,10,12H,6,8-9H2,1-4H3/b13-5+. The zero-order valence-electron chi connectivity index (χ0n) is 9.84. The van der Waals surface area contributed by atoms with Crippen molar-refractivity contribution in [3.63, 3.8) is 0 Å². The third kappa shape index (κ3) is 6.64. The van der Waals surface area contributed by atoms with Gasteiger partial charge in [-0.1, -0.05) is 30.2 Å². The molecule has 1 unspecified atom stereocenters. The van der Waals surface area contributed by atoms with Crippen LogP contribution in [0.2, 0.25) is 0 Å². The lowest BCUT2D eigenvalue weighted by atomic mass is 9.98. The highest BCUT2D eigenvalue weighted by atomic mass is 16.1. The van der Waals surface area contributed by atoms with Crippen LogP contribution in [0.1, 0.15) is 47.0 Å². The van der Waals surface area contributed by atoms with Gasteiger partial charge in [-0.05, 0) is 40.0 Å². The van der Waals surface area contributed by atoms with Gasteiger partial charge in [0.15, 0.2) is 0 Å². The Morgan fingerprint density at radius 3 is 2.43 bits per heavy atom. The molecule has 0 fully saturated rings. The van der Waals surface area contributed by atoms with Gasteiger partial charge in [-0.2, -0.15) is 0 Å². The molecule has 0 aliphatic heterocycles. The number of carbonyl (C=O) groups is 1. The Balaban J connectivity index is 3.93. The van der Waals surface area contributed by atoms with E-state index < -0.39 is 0 Å². The lowest BCUT2D eigenvalue weighted by Crippen LogP contribution is -1.97. The van der Waals surface area contributed by atoms with Crippen LogP contribution in [0.15, 0.2) is 23.3 Å². The van der Waals surface area contributed by atoms with Gasteiger partial charge in [-0.25, -0.2) is 0 Å². The van der Waals surface area contributed by atoms with Crippen LogP contribution in [0.4, 0.5) is 0 Å². The molecule has 0 aromatic rings. The van der Waals surface area contributed by atoms with Crippen LogP contribution < -0.4 is 0 Å². The Labute approximate surface area is 87.9 Å². The molecule has 0 N–H and O–H groups in total. The normalized spacial score (nSPS) is 13.6. The van der Waals surface area contributed by atoms with Crippen molar-refractivity contribution in [3.8, 4) is 0 Å². The zero-order valence-corrected chi connectivity index (χ0v) is 9.84. The minimum absolute atomic E-state index is 0.160. The Morgan fingerprint density at radius 1 is 1.36 bits per heavy atom. The van der Waals surface area contributed by atoms with E-state index in [1.807, 2.05) is 6.92 Å². The van der Waals surface area contributed by atoms with Crippen molar-refractivity contribution in [1.29, 1.82) is 0 Å². The van der Waals surface area contributed by atoms with Crippen molar-refractivity contribution >= 4 is 6.29 Å². The molecule has 0 aliphatic carbocycles. The van der Waals surface area contributed by atoms with Gasteiger partial charge in [0.25, 0.3) is 0 Å².